The highest BCUT2D eigenvalue weighted by molar-refractivity contribution is 7.97. The maximum absolute atomic E-state index is 11.9. The molecule has 3 N–H and O–H groups in total. The number of hydrogen-bond donors (Lipinski definition) is 2. The molecule has 2 aliphatic rings. The van der Waals surface area contributed by atoms with E-state index in [9.17, 15) is 13.2 Å². The van der Waals surface area contributed by atoms with Gasteiger partial charge in [0.15, 0.2) is 0 Å². The van der Waals surface area contributed by atoms with Gasteiger partial charge >= 0.3 is 6.18 Å². The molecule has 2 fully saturated rings. The summed E-state index contributed by atoms with van der Waals surface area (Å²) in [6.07, 6.45) is 5.31. The van der Waals surface area contributed by atoms with Crippen molar-refractivity contribution in [2.45, 2.75) is 57.0 Å². The molecule has 152 valence electrons. The highest BCUT2D eigenvalue weighted by Crippen LogP contribution is 2.43. The molecule has 0 unspecified atom stereocenters. The van der Waals surface area contributed by atoms with Crippen molar-refractivity contribution in [3.05, 3.63) is 23.3 Å². The second-order valence-corrected chi connectivity index (χ2v) is 7.38. The van der Waals surface area contributed by atoms with Crippen LogP contribution in [0.15, 0.2) is 16.7 Å². The third-order valence-corrected chi connectivity index (χ3v) is 5.19. The molecule has 1 aromatic heterocycles. The van der Waals surface area contributed by atoms with Crippen molar-refractivity contribution >= 4 is 17.9 Å². The van der Waals surface area contributed by atoms with Crippen LogP contribution in [-0.2, 0) is 0 Å². The summed E-state index contributed by atoms with van der Waals surface area (Å²) in [5.41, 5.74) is 7.21. The number of aromatic nitrogens is 1. The summed E-state index contributed by atoms with van der Waals surface area (Å²) in [5, 5.41) is 7.89. The van der Waals surface area contributed by atoms with Crippen LogP contribution in [0, 0.1) is 11.3 Å². The molecule has 1 heterocycles. The third-order valence-electron chi connectivity index (χ3n) is 4.82. The van der Waals surface area contributed by atoms with E-state index in [1.54, 1.807) is 17.7 Å². The molecule has 0 spiro atoms. The van der Waals surface area contributed by atoms with Crippen molar-refractivity contribution in [1.29, 1.82) is 5.41 Å². The topological polar surface area (TPSA) is 76.4 Å². The Labute approximate surface area is 161 Å². The Bertz CT molecular complexity index is 708. The summed E-state index contributed by atoms with van der Waals surface area (Å²) in [4.78, 5) is 0. The van der Waals surface area contributed by atoms with Crippen LogP contribution >= 0.6 is 11.9 Å². The van der Waals surface area contributed by atoms with E-state index in [0.29, 0.717) is 24.7 Å². The first-order chi connectivity index (χ1) is 12.8. The molecular weight excluding hydrogens is 377 g/mol. The molecule has 27 heavy (non-hydrogen) atoms. The van der Waals surface area contributed by atoms with Gasteiger partial charge in [0.05, 0.1) is 13.0 Å². The van der Waals surface area contributed by atoms with Crippen molar-refractivity contribution in [2.75, 3.05) is 13.4 Å². The number of hydrogen-bond acceptors (Lipinski definition) is 4. The lowest BCUT2D eigenvalue weighted by molar-refractivity contribution is -0.181. The summed E-state index contributed by atoms with van der Waals surface area (Å²) in [7, 11) is 1.63. The summed E-state index contributed by atoms with van der Waals surface area (Å²) >= 11 is 1.28. The fourth-order valence-electron chi connectivity index (χ4n) is 3.18. The Kier molecular flexibility index (Phi) is 7.64. The molecule has 3 rings (SSSR count). The van der Waals surface area contributed by atoms with Gasteiger partial charge in [-0.1, -0.05) is 19.3 Å². The van der Waals surface area contributed by atoms with E-state index in [-0.39, 0.29) is 5.49 Å². The molecule has 0 aromatic carbocycles. The van der Waals surface area contributed by atoms with Gasteiger partial charge in [-0.15, -0.1) is 0 Å². The highest BCUT2D eigenvalue weighted by Gasteiger charge is 2.39. The van der Waals surface area contributed by atoms with E-state index >= 15 is 0 Å². The molecule has 0 bridgehead atoms. The maximum atomic E-state index is 11.9. The van der Waals surface area contributed by atoms with E-state index in [4.69, 9.17) is 15.9 Å². The van der Waals surface area contributed by atoms with E-state index in [0.717, 1.165) is 30.6 Å². The van der Waals surface area contributed by atoms with Crippen molar-refractivity contribution < 1.29 is 17.9 Å². The second kappa shape index (κ2) is 9.52. The molecule has 0 saturated heterocycles. The maximum Gasteiger partial charge on any atom is 0.391 e. The molecule has 2 aliphatic carbocycles. The molecule has 1 aromatic rings. The smallest absolute Gasteiger partial charge is 0.391 e. The number of halogens is 3. The summed E-state index contributed by atoms with van der Waals surface area (Å²) < 4.78 is 46.8. The standard InChI is InChI=1S/C11H16N4OS.C7H11F3/c1-16-9-5-10(12)15(11(13)14-17-2)6-8(9)7-3-4-7;8-7(9,10)6-4-2-1-3-5-6/h5-7,12H,3-4H2,1-2H3,(H2,13,14);6H,1-5H2. The van der Waals surface area contributed by atoms with Crippen LogP contribution in [0.25, 0.3) is 0 Å². The average molecular weight is 405 g/mol. The molecule has 0 atom stereocenters. The van der Waals surface area contributed by atoms with Gasteiger partial charge in [0, 0.05) is 24.1 Å². The second-order valence-electron chi connectivity index (χ2n) is 6.84. The number of nitrogens with one attached hydrogen (secondary N) is 1. The van der Waals surface area contributed by atoms with Gasteiger partial charge in [-0.2, -0.15) is 17.6 Å². The molecule has 2 saturated carbocycles. The van der Waals surface area contributed by atoms with Crippen LogP contribution in [-0.4, -0.2) is 30.1 Å². The number of methoxy groups -OCH3 is 1. The van der Waals surface area contributed by atoms with E-state index in [1.165, 1.54) is 24.8 Å². The first-order valence-corrected chi connectivity index (χ1v) is 10.2. The zero-order valence-corrected chi connectivity index (χ0v) is 16.5. The van der Waals surface area contributed by atoms with Crippen LogP contribution in [0.3, 0.4) is 0 Å². The van der Waals surface area contributed by atoms with Gasteiger partial charge < -0.3 is 10.5 Å². The molecular formula is C18H27F3N4OS. The Morgan fingerprint density at radius 2 is 1.89 bits per heavy atom. The minimum absolute atomic E-state index is 0.279. The lowest BCUT2D eigenvalue weighted by Crippen LogP contribution is -2.32. The Balaban J connectivity index is 0.000000223. The van der Waals surface area contributed by atoms with E-state index < -0.39 is 12.1 Å². The Morgan fingerprint density at radius 1 is 1.26 bits per heavy atom. The number of alkyl halides is 3. The molecule has 0 radical (unpaired) electrons. The molecule has 0 amide bonds. The first-order valence-electron chi connectivity index (χ1n) is 9.06. The predicted octanol–water partition coefficient (Wildman–Crippen LogP) is 4.42. The lowest BCUT2D eigenvalue weighted by Gasteiger charge is -2.23. The van der Waals surface area contributed by atoms with Crippen LogP contribution in [0.5, 0.6) is 5.75 Å². The predicted molar refractivity (Wildman–Crippen MR) is 102 cm³/mol. The number of nitrogens with zero attached hydrogens (tertiary/aromatic N) is 2. The fraction of sp³-hybridized carbons (Fsp3) is 0.667. The Hall–Kier alpha value is -1.64. The zero-order valence-electron chi connectivity index (χ0n) is 15.7. The number of nitrogens with two attached hydrogens (primary N) is 1. The van der Waals surface area contributed by atoms with Crippen molar-refractivity contribution in [2.24, 2.45) is 16.0 Å². The van der Waals surface area contributed by atoms with Gasteiger partial charge in [-0.25, -0.2) is 0 Å². The SMILES string of the molecule is COc1cc(=N)n(/C(N)=N/SC)cc1C1CC1.FC(F)(F)C1CCCCC1. The minimum atomic E-state index is -3.93. The minimum Gasteiger partial charge on any atom is -0.496 e. The fourth-order valence-corrected chi connectivity index (χ4v) is 3.46. The van der Waals surface area contributed by atoms with Crippen LogP contribution < -0.4 is 16.0 Å². The average Bonchev–Trinajstić information content (AvgIpc) is 3.47. The Morgan fingerprint density at radius 3 is 2.33 bits per heavy atom. The molecule has 5 nitrogen and oxygen atoms in total. The van der Waals surface area contributed by atoms with E-state index in [2.05, 4.69) is 4.40 Å². The van der Waals surface area contributed by atoms with Gasteiger partial charge in [-0.05, 0) is 43.5 Å². The zero-order chi connectivity index (χ0) is 20.0. The van der Waals surface area contributed by atoms with Gasteiger partial charge in [0.2, 0.25) is 5.96 Å². The van der Waals surface area contributed by atoms with Gasteiger partial charge in [0.1, 0.15) is 11.2 Å². The van der Waals surface area contributed by atoms with Crippen molar-refractivity contribution in [3.8, 4) is 5.75 Å². The molecule has 9 heteroatoms. The van der Waals surface area contributed by atoms with Crippen LogP contribution in [0.2, 0.25) is 0 Å². The largest absolute Gasteiger partial charge is 0.496 e. The number of ether oxygens (including phenoxy) is 1. The summed E-state index contributed by atoms with van der Waals surface area (Å²) in [6.45, 7) is 0. The van der Waals surface area contributed by atoms with Crippen LogP contribution in [0.1, 0.15) is 56.4 Å². The highest BCUT2D eigenvalue weighted by atomic mass is 32.2. The van der Waals surface area contributed by atoms with Crippen molar-refractivity contribution in [3.63, 3.8) is 0 Å². The number of rotatable bonds is 3. The van der Waals surface area contributed by atoms with Crippen molar-refractivity contribution in [1.82, 2.24) is 4.57 Å². The van der Waals surface area contributed by atoms with Crippen LogP contribution in [0.4, 0.5) is 13.2 Å². The number of pyridine rings is 1. The first kappa shape index (κ1) is 21.7. The normalized spacial score (nSPS) is 18.6. The van der Waals surface area contributed by atoms with E-state index in [1.807, 2.05) is 12.5 Å². The quantitative estimate of drug-likeness (QED) is 0.445. The molecule has 0 aliphatic heterocycles. The summed E-state index contributed by atoms with van der Waals surface area (Å²) in [6, 6.07) is 1.69. The monoisotopic (exact) mass is 404 g/mol. The third kappa shape index (κ3) is 6.19. The summed E-state index contributed by atoms with van der Waals surface area (Å²) in [5.74, 6) is 0.637. The lowest BCUT2D eigenvalue weighted by atomic mass is 9.89. The van der Waals surface area contributed by atoms with Gasteiger partial charge in [-0.3, -0.25) is 9.98 Å². The van der Waals surface area contributed by atoms with Gasteiger partial charge in [0.25, 0.3) is 0 Å².